The van der Waals surface area contributed by atoms with Crippen LogP contribution in [0.25, 0.3) is 21.2 Å². The molecule has 376 valence electrons. The third-order valence-corrected chi connectivity index (χ3v) is 11.7. The van der Waals surface area contributed by atoms with Gasteiger partial charge in [0.2, 0.25) is 12.4 Å². The number of azide groups is 1. The van der Waals surface area contributed by atoms with Crippen LogP contribution in [0.2, 0.25) is 0 Å². The number of nitrogens with zero attached hydrogens (tertiary/aromatic N) is 4. The van der Waals surface area contributed by atoms with Gasteiger partial charge in [-0.25, -0.2) is 0 Å². The Kier molecular flexibility index (Phi) is 17.5. The van der Waals surface area contributed by atoms with Gasteiger partial charge in [0.05, 0.1) is 25.9 Å². The largest absolute Gasteiger partial charge is 0.501 e. The highest BCUT2D eigenvalue weighted by Crippen LogP contribution is 2.45. The van der Waals surface area contributed by atoms with Crippen molar-refractivity contribution in [1.29, 1.82) is 0 Å². The maximum atomic E-state index is 14.2. The van der Waals surface area contributed by atoms with Gasteiger partial charge in [0.1, 0.15) is 18.5 Å². The van der Waals surface area contributed by atoms with E-state index in [9.17, 15) is 32.4 Å². The molecular weight excluding hydrogens is 950 g/mol. The highest BCUT2D eigenvalue weighted by atomic mass is 35.5. The van der Waals surface area contributed by atoms with Crippen LogP contribution in [0.5, 0.6) is 23.0 Å². The zero-order chi connectivity index (χ0) is 51.0. The van der Waals surface area contributed by atoms with Gasteiger partial charge in [0.25, 0.3) is 5.91 Å². The maximum Gasteiger partial charge on any atom is 0.501 e. The maximum absolute atomic E-state index is 14.2. The second kappa shape index (κ2) is 22.4. The summed E-state index contributed by atoms with van der Waals surface area (Å²) in [5.41, 5.74) is 8.71. The topological polar surface area (TPSA) is 276 Å². The number of halogens is 1. The van der Waals surface area contributed by atoms with Crippen molar-refractivity contribution >= 4 is 68.2 Å². The highest BCUT2D eigenvalue weighted by Gasteiger charge is 2.53. The van der Waals surface area contributed by atoms with Crippen molar-refractivity contribution in [3.63, 3.8) is 0 Å². The Hall–Kier alpha value is -6.26. The molecule has 0 aliphatic carbocycles. The van der Waals surface area contributed by atoms with Crippen molar-refractivity contribution in [3.05, 3.63) is 64.0 Å². The minimum Gasteiger partial charge on any atom is -0.497 e. The van der Waals surface area contributed by atoms with Gasteiger partial charge in [-0.2, -0.15) is 0 Å². The van der Waals surface area contributed by atoms with Crippen molar-refractivity contribution in [2.75, 3.05) is 58.3 Å². The van der Waals surface area contributed by atoms with Gasteiger partial charge in [-0.15, -0.1) is 20.0 Å². The third-order valence-electron chi connectivity index (χ3n) is 10.5. The Morgan fingerprint density at radius 3 is 2.13 bits per heavy atom. The van der Waals surface area contributed by atoms with Gasteiger partial charge in [0, 0.05) is 92.7 Å². The lowest BCUT2D eigenvalue weighted by atomic mass is 9.93. The number of carbonyl (C=O) groups is 5. The van der Waals surface area contributed by atoms with Crippen LogP contribution in [0.4, 0.5) is 5.69 Å². The molecule has 2 aliphatic heterocycles. The molecule has 2 heterocycles. The first-order valence-corrected chi connectivity index (χ1v) is 23.3. The first-order valence-electron chi connectivity index (χ1n) is 21.5. The van der Waals surface area contributed by atoms with Gasteiger partial charge in [-0.05, 0) is 52.9 Å². The number of hydrogen-bond acceptors (Lipinski definition) is 19. The lowest BCUT2D eigenvalue weighted by molar-refractivity contribution is -0.288. The quantitative estimate of drug-likeness (QED) is 0.0321. The van der Waals surface area contributed by atoms with Crippen LogP contribution in [0.3, 0.4) is 0 Å². The molecule has 0 saturated carbocycles. The van der Waals surface area contributed by atoms with E-state index < -0.39 is 99.9 Å². The molecule has 24 heteroatoms. The molecule has 5 rings (SSSR count). The van der Waals surface area contributed by atoms with Crippen molar-refractivity contribution in [1.82, 2.24) is 4.90 Å². The Bertz CT molecular complexity index is 2590. The molecule has 0 aromatic heterocycles. The number of esters is 4. The summed E-state index contributed by atoms with van der Waals surface area (Å²) in [6.45, 7) is 11.6. The number of rotatable bonds is 21. The average Bonchev–Trinajstić information content (AvgIpc) is 3.67. The molecule has 1 fully saturated rings. The van der Waals surface area contributed by atoms with E-state index in [1.54, 1.807) is 32.0 Å². The van der Waals surface area contributed by atoms with E-state index in [1.165, 1.54) is 37.3 Å². The van der Waals surface area contributed by atoms with Crippen LogP contribution in [0.15, 0.2) is 47.6 Å². The highest BCUT2D eigenvalue weighted by molar-refractivity contribution is 7.82. The van der Waals surface area contributed by atoms with E-state index in [0.29, 0.717) is 28.8 Å². The predicted molar refractivity (Wildman–Crippen MR) is 246 cm³/mol. The van der Waals surface area contributed by atoms with Gasteiger partial charge in [-0.1, -0.05) is 32.8 Å². The normalized spacial score (nSPS) is 20.0. The molecule has 3 aromatic rings. The van der Waals surface area contributed by atoms with E-state index in [1.807, 2.05) is 13.8 Å². The molecule has 3 aromatic carbocycles. The van der Waals surface area contributed by atoms with Crippen molar-refractivity contribution in [2.45, 2.75) is 97.6 Å². The number of alkyl halides is 1. The zero-order valence-corrected chi connectivity index (χ0v) is 41.3. The summed E-state index contributed by atoms with van der Waals surface area (Å²) in [5.74, 6) is -4.63. The zero-order valence-electron chi connectivity index (χ0n) is 39.8. The predicted octanol–water partition coefficient (Wildman–Crippen LogP) is 5.96. The Balaban J connectivity index is 1.57. The minimum atomic E-state index is -5.17. The smallest absolute Gasteiger partial charge is 0.497 e. The number of hydrogen-bond donors (Lipinski definition) is 1. The molecule has 1 amide bonds. The van der Waals surface area contributed by atoms with Crippen LogP contribution < -0.4 is 23.2 Å². The monoisotopic (exact) mass is 1010 g/mol. The van der Waals surface area contributed by atoms with E-state index in [0.717, 1.165) is 39.3 Å². The molecular formula is C45H56ClN5O17S. The first-order chi connectivity index (χ1) is 32.4. The SMILES string of the molecule is COc1ccc2c(OS(=O)(=O)Oc3cc(C(=O)N(C)CC(C)(C)COCC(C)(C)N=[N+]=[N-])ccc3O[C@@H]3O[C@H](COC(C)=O)[C@@H](OC(C)=O)[C@H](OC(C)=O)[C@H]3OC(C)=O)cc3c(c2c1)[C@H](CCl)CN3. The number of methoxy groups -OCH3 is 1. The van der Waals surface area contributed by atoms with Crippen LogP contribution in [-0.2, 0) is 58.0 Å². The van der Waals surface area contributed by atoms with Crippen LogP contribution in [-0.4, -0.2) is 132 Å². The number of anilines is 1. The van der Waals surface area contributed by atoms with E-state index in [2.05, 4.69) is 15.3 Å². The van der Waals surface area contributed by atoms with Crippen molar-refractivity contribution < 1.29 is 78.7 Å². The van der Waals surface area contributed by atoms with Gasteiger partial charge in [0.15, 0.2) is 29.5 Å². The van der Waals surface area contributed by atoms with E-state index >= 15 is 0 Å². The molecule has 0 bridgehead atoms. The summed E-state index contributed by atoms with van der Waals surface area (Å²) in [6, 6.07) is 10.0. The van der Waals surface area contributed by atoms with Crippen LogP contribution in [0, 0.1) is 5.41 Å². The lowest BCUT2D eigenvalue weighted by Crippen LogP contribution is -2.63. The molecule has 6 atom stereocenters. The van der Waals surface area contributed by atoms with Crippen molar-refractivity contribution in [2.24, 2.45) is 10.5 Å². The number of carbonyl (C=O) groups excluding carboxylic acids is 5. The summed E-state index contributed by atoms with van der Waals surface area (Å²) in [6.07, 6.45) is -8.16. The molecule has 0 spiro atoms. The minimum absolute atomic E-state index is 0.0933. The lowest BCUT2D eigenvalue weighted by Gasteiger charge is -2.44. The second-order valence-corrected chi connectivity index (χ2v) is 19.2. The Morgan fingerprint density at radius 2 is 1.51 bits per heavy atom. The van der Waals surface area contributed by atoms with E-state index in [4.69, 9.17) is 63.4 Å². The summed E-state index contributed by atoms with van der Waals surface area (Å²) in [5, 5.41) is 7.93. The fraction of sp³-hybridized carbons (Fsp3) is 0.533. The average molecular weight is 1010 g/mol. The fourth-order valence-corrected chi connectivity index (χ4v) is 8.80. The number of ether oxygens (including phenoxy) is 8. The Morgan fingerprint density at radius 1 is 0.855 bits per heavy atom. The summed E-state index contributed by atoms with van der Waals surface area (Å²) >= 11 is 6.32. The van der Waals surface area contributed by atoms with Gasteiger partial charge >= 0.3 is 34.3 Å². The Labute approximate surface area is 403 Å². The first kappa shape index (κ1) is 53.7. The summed E-state index contributed by atoms with van der Waals surface area (Å²) < 4.78 is 85.0. The molecule has 0 radical (unpaired) electrons. The number of nitrogens with one attached hydrogen (secondary N) is 1. The number of fused-ring (bicyclic) bond motifs is 3. The molecule has 0 unspecified atom stereocenters. The van der Waals surface area contributed by atoms with Gasteiger partial charge < -0.3 is 56.5 Å². The standard InChI is InChI=1S/C45H56ClN5O17S/c1-24(52)61-20-37-39(62-25(2)53)40(63-26(3)54)41(64-27(4)55)43(66-37)65-34-14-11-28(42(56)51(9)21-44(5,6)22-60-23-45(7,8)49-50-47)15-36(34)68-69(57,58)67-35-17-33-38(29(18-46)19-48-33)32-16-30(59-10)12-13-31(32)35/h11-17,29,37,39-41,43,48H,18-23H2,1-10H3/t29-,37-,39-,40+,41-,43-/m1/s1. The van der Waals surface area contributed by atoms with Gasteiger partial charge in [-0.3, -0.25) is 24.0 Å². The van der Waals surface area contributed by atoms with E-state index in [-0.39, 0.29) is 42.9 Å². The van der Waals surface area contributed by atoms with Crippen LogP contribution >= 0.6 is 11.6 Å². The van der Waals surface area contributed by atoms with Crippen LogP contribution in [0.1, 0.15) is 77.2 Å². The molecule has 22 nitrogen and oxygen atoms in total. The molecule has 69 heavy (non-hydrogen) atoms. The summed E-state index contributed by atoms with van der Waals surface area (Å²) in [4.78, 5) is 67.7. The molecule has 2 aliphatic rings. The molecule has 1 saturated heterocycles. The number of benzene rings is 3. The molecule has 1 N–H and O–H groups in total. The van der Waals surface area contributed by atoms with Crippen molar-refractivity contribution in [3.8, 4) is 23.0 Å². The summed E-state index contributed by atoms with van der Waals surface area (Å²) in [7, 11) is -2.16. The second-order valence-electron chi connectivity index (χ2n) is 17.7. The third kappa shape index (κ3) is 14.2. The fourth-order valence-electron chi connectivity index (χ4n) is 7.80. The number of amides is 1.